The van der Waals surface area contributed by atoms with Gasteiger partial charge in [0.2, 0.25) is 0 Å². The molecule has 0 amide bonds. The molecule has 2 aromatic rings. The molecule has 0 aliphatic carbocycles. The maximum Gasteiger partial charge on any atom is 0.0584 e. The number of benzene rings is 1. The van der Waals surface area contributed by atoms with Crippen molar-refractivity contribution in [2.45, 2.75) is 6.92 Å². The van der Waals surface area contributed by atoms with Gasteiger partial charge < -0.3 is 4.90 Å². The van der Waals surface area contributed by atoms with E-state index < -0.39 is 0 Å². The van der Waals surface area contributed by atoms with Crippen LogP contribution in [0.25, 0.3) is 10.1 Å². The molecule has 78 valence electrons. The molecule has 15 heavy (non-hydrogen) atoms. The van der Waals surface area contributed by atoms with Crippen LogP contribution in [0.4, 0.5) is 5.69 Å². The number of nitrogens with zero attached hydrogens (tertiary/aromatic N) is 1. The molecule has 2 heteroatoms. The Labute approximate surface area is 94.6 Å². The Morgan fingerprint density at radius 2 is 2.13 bits per heavy atom. The van der Waals surface area contributed by atoms with Crippen LogP contribution in [0.1, 0.15) is 4.88 Å². The number of rotatable bonds is 3. The largest absolute Gasteiger partial charge is 0.369 e. The van der Waals surface area contributed by atoms with Crippen LogP contribution in [-0.4, -0.2) is 13.6 Å². The standard InChI is InChI=1S/C13H15NS/c1-4-9-14(3)13-10(2)15-12-8-6-5-7-11(12)13/h4-8H,1,9H2,2-3H3. The second-order valence-electron chi connectivity index (χ2n) is 3.67. The zero-order chi connectivity index (χ0) is 10.8. The average molecular weight is 217 g/mol. The van der Waals surface area contributed by atoms with Crippen molar-refractivity contribution in [1.29, 1.82) is 0 Å². The molecular formula is C13H15NS. The van der Waals surface area contributed by atoms with Crippen molar-refractivity contribution in [3.8, 4) is 0 Å². The number of hydrogen-bond acceptors (Lipinski definition) is 2. The molecule has 0 saturated carbocycles. The van der Waals surface area contributed by atoms with Crippen LogP contribution in [0.2, 0.25) is 0 Å². The first-order valence-corrected chi connectivity index (χ1v) is 5.86. The van der Waals surface area contributed by atoms with Crippen LogP contribution in [0.3, 0.4) is 0 Å². The summed E-state index contributed by atoms with van der Waals surface area (Å²) in [5.41, 5.74) is 1.34. The number of fused-ring (bicyclic) bond motifs is 1. The van der Waals surface area contributed by atoms with E-state index in [1.165, 1.54) is 20.7 Å². The van der Waals surface area contributed by atoms with Gasteiger partial charge >= 0.3 is 0 Å². The molecule has 0 radical (unpaired) electrons. The van der Waals surface area contributed by atoms with E-state index in [9.17, 15) is 0 Å². The highest BCUT2D eigenvalue weighted by Gasteiger charge is 2.11. The fraction of sp³-hybridized carbons (Fsp3) is 0.231. The van der Waals surface area contributed by atoms with Crippen LogP contribution in [0, 0.1) is 6.92 Å². The van der Waals surface area contributed by atoms with E-state index >= 15 is 0 Å². The van der Waals surface area contributed by atoms with Crippen molar-refractivity contribution in [2.75, 3.05) is 18.5 Å². The van der Waals surface area contributed by atoms with Crippen LogP contribution in [0.5, 0.6) is 0 Å². The van der Waals surface area contributed by atoms with Gasteiger partial charge in [-0.3, -0.25) is 0 Å². The molecule has 1 aromatic heterocycles. The van der Waals surface area contributed by atoms with Gasteiger partial charge in [-0.25, -0.2) is 0 Å². The number of thiophene rings is 1. The van der Waals surface area contributed by atoms with E-state index in [4.69, 9.17) is 0 Å². The molecule has 0 aliphatic rings. The Morgan fingerprint density at radius 3 is 2.87 bits per heavy atom. The molecule has 0 N–H and O–H groups in total. The summed E-state index contributed by atoms with van der Waals surface area (Å²) in [6.07, 6.45) is 1.94. The van der Waals surface area contributed by atoms with Gasteiger partial charge in [0, 0.05) is 28.6 Å². The third kappa shape index (κ3) is 1.77. The first-order chi connectivity index (χ1) is 7.24. The Morgan fingerprint density at radius 1 is 1.40 bits per heavy atom. The summed E-state index contributed by atoms with van der Waals surface area (Å²) in [7, 11) is 2.11. The van der Waals surface area contributed by atoms with Gasteiger partial charge in [0.25, 0.3) is 0 Å². The van der Waals surface area contributed by atoms with E-state index in [1.54, 1.807) is 0 Å². The van der Waals surface area contributed by atoms with Crippen molar-refractivity contribution < 1.29 is 0 Å². The van der Waals surface area contributed by atoms with Crippen molar-refractivity contribution in [1.82, 2.24) is 0 Å². The van der Waals surface area contributed by atoms with E-state index in [2.05, 4.69) is 49.7 Å². The summed E-state index contributed by atoms with van der Waals surface area (Å²) in [6, 6.07) is 8.56. The van der Waals surface area contributed by atoms with E-state index in [1.807, 2.05) is 17.4 Å². The van der Waals surface area contributed by atoms with E-state index in [0.29, 0.717) is 0 Å². The molecule has 1 nitrogen and oxygen atoms in total. The molecule has 0 unspecified atom stereocenters. The third-order valence-electron chi connectivity index (χ3n) is 2.52. The maximum absolute atomic E-state index is 3.78. The minimum absolute atomic E-state index is 0.890. The molecule has 0 spiro atoms. The first-order valence-electron chi connectivity index (χ1n) is 5.04. The molecule has 0 saturated heterocycles. The van der Waals surface area contributed by atoms with Gasteiger partial charge in [-0.2, -0.15) is 0 Å². The Balaban J connectivity index is 2.58. The SMILES string of the molecule is C=CCN(C)c1c(C)sc2ccccc12. The molecule has 0 fully saturated rings. The second-order valence-corrected chi connectivity index (χ2v) is 4.93. The summed E-state index contributed by atoms with van der Waals surface area (Å²) in [5.74, 6) is 0. The summed E-state index contributed by atoms with van der Waals surface area (Å²) < 4.78 is 1.36. The smallest absolute Gasteiger partial charge is 0.0584 e. The Bertz CT molecular complexity index is 484. The lowest BCUT2D eigenvalue weighted by Crippen LogP contribution is -2.16. The number of likely N-dealkylation sites (N-methyl/N-ethyl adjacent to an activating group) is 1. The van der Waals surface area contributed by atoms with Crippen LogP contribution in [0.15, 0.2) is 36.9 Å². The quantitative estimate of drug-likeness (QED) is 0.706. The van der Waals surface area contributed by atoms with Crippen LogP contribution >= 0.6 is 11.3 Å². The van der Waals surface area contributed by atoms with Gasteiger partial charge in [0.15, 0.2) is 0 Å². The summed E-state index contributed by atoms with van der Waals surface area (Å²) in [6.45, 7) is 6.85. The topological polar surface area (TPSA) is 3.24 Å². The lowest BCUT2D eigenvalue weighted by molar-refractivity contribution is 1.04. The normalized spacial score (nSPS) is 10.5. The van der Waals surface area contributed by atoms with Gasteiger partial charge in [-0.1, -0.05) is 24.3 Å². The van der Waals surface area contributed by atoms with Gasteiger partial charge in [-0.05, 0) is 13.0 Å². The van der Waals surface area contributed by atoms with Crippen molar-refractivity contribution in [3.63, 3.8) is 0 Å². The zero-order valence-corrected chi connectivity index (χ0v) is 9.97. The lowest BCUT2D eigenvalue weighted by Gasteiger charge is -2.17. The fourth-order valence-electron chi connectivity index (χ4n) is 1.91. The predicted molar refractivity (Wildman–Crippen MR) is 70.0 cm³/mol. The molecular weight excluding hydrogens is 202 g/mol. The monoisotopic (exact) mass is 217 g/mol. The van der Waals surface area contributed by atoms with E-state index in [-0.39, 0.29) is 0 Å². The number of aryl methyl sites for hydroxylation is 1. The van der Waals surface area contributed by atoms with Crippen LogP contribution in [-0.2, 0) is 0 Å². The van der Waals surface area contributed by atoms with Crippen molar-refractivity contribution >= 4 is 27.1 Å². The van der Waals surface area contributed by atoms with Gasteiger partial charge in [0.05, 0.1) is 5.69 Å². The summed E-state index contributed by atoms with van der Waals surface area (Å²) >= 11 is 1.86. The molecule has 0 atom stereocenters. The first kappa shape index (κ1) is 10.2. The van der Waals surface area contributed by atoms with Gasteiger partial charge in [-0.15, -0.1) is 17.9 Å². The third-order valence-corrected chi connectivity index (χ3v) is 3.60. The van der Waals surface area contributed by atoms with Crippen molar-refractivity contribution in [3.05, 3.63) is 41.8 Å². The molecule has 1 aromatic carbocycles. The Kier molecular flexibility index (Phi) is 2.78. The average Bonchev–Trinajstić information content (AvgIpc) is 2.54. The lowest BCUT2D eigenvalue weighted by atomic mass is 10.2. The summed E-state index contributed by atoms with van der Waals surface area (Å²) in [5, 5.41) is 1.35. The molecule has 2 rings (SSSR count). The highest BCUT2D eigenvalue weighted by atomic mass is 32.1. The maximum atomic E-state index is 3.78. The molecule has 0 bridgehead atoms. The highest BCUT2D eigenvalue weighted by Crippen LogP contribution is 2.36. The van der Waals surface area contributed by atoms with Gasteiger partial charge in [0.1, 0.15) is 0 Å². The van der Waals surface area contributed by atoms with Crippen molar-refractivity contribution in [2.24, 2.45) is 0 Å². The van der Waals surface area contributed by atoms with E-state index in [0.717, 1.165) is 6.54 Å². The second kappa shape index (κ2) is 4.07. The molecule has 1 heterocycles. The minimum atomic E-state index is 0.890. The zero-order valence-electron chi connectivity index (χ0n) is 9.16. The van der Waals surface area contributed by atoms with Crippen LogP contribution < -0.4 is 4.90 Å². The number of hydrogen-bond donors (Lipinski definition) is 0. The summed E-state index contributed by atoms with van der Waals surface area (Å²) in [4.78, 5) is 3.63. The highest BCUT2D eigenvalue weighted by molar-refractivity contribution is 7.19. The minimum Gasteiger partial charge on any atom is -0.369 e. The fourth-order valence-corrected chi connectivity index (χ4v) is 3.03. The number of anilines is 1. The Hall–Kier alpha value is -1.28. The predicted octanol–water partition coefficient (Wildman–Crippen LogP) is 3.83. The molecule has 0 aliphatic heterocycles.